The molecule has 3 rings (SSSR count). The fraction of sp³-hybridized carbons (Fsp3) is 0.294. The third kappa shape index (κ3) is 2.98. The lowest BCUT2D eigenvalue weighted by molar-refractivity contribution is -0.138. The second-order valence-corrected chi connectivity index (χ2v) is 5.56. The van der Waals surface area contributed by atoms with Crippen molar-refractivity contribution in [2.45, 2.75) is 19.4 Å². The SMILES string of the molecule is Cc1ccc2c(c1)N(C(=O)C(=O)NC(CO)c1ccco1)CC2. The van der Waals surface area contributed by atoms with Gasteiger partial charge in [0, 0.05) is 12.2 Å². The van der Waals surface area contributed by atoms with Gasteiger partial charge in [-0.05, 0) is 42.7 Å². The fourth-order valence-electron chi connectivity index (χ4n) is 2.74. The molecule has 1 atom stereocenters. The van der Waals surface area contributed by atoms with Gasteiger partial charge in [-0.15, -0.1) is 0 Å². The van der Waals surface area contributed by atoms with E-state index in [4.69, 9.17) is 4.42 Å². The fourth-order valence-corrected chi connectivity index (χ4v) is 2.74. The molecule has 2 heterocycles. The van der Waals surface area contributed by atoms with Gasteiger partial charge >= 0.3 is 11.8 Å². The normalized spacial score (nSPS) is 14.4. The summed E-state index contributed by atoms with van der Waals surface area (Å²) < 4.78 is 5.16. The summed E-state index contributed by atoms with van der Waals surface area (Å²) in [6.07, 6.45) is 2.18. The molecule has 2 N–H and O–H groups in total. The number of rotatable bonds is 3. The van der Waals surface area contributed by atoms with Crippen LogP contribution in [0.1, 0.15) is 22.9 Å². The second-order valence-electron chi connectivity index (χ2n) is 5.56. The number of hydrogen-bond donors (Lipinski definition) is 2. The van der Waals surface area contributed by atoms with Crippen LogP contribution in [0.25, 0.3) is 0 Å². The molecular formula is C17H18N2O4. The Morgan fingerprint density at radius 2 is 2.22 bits per heavy atom. The predicted molar refractivity (Wildman–Crippen MR) is 83.9 cm³/mol. The van der Waals surface area contributed by atoms with Crippen molar-refractivity contribution in [1.29, 1.82) is 0 Å². The van der Waals surface area contributed by atoms with Crippen molar-refractivity contribution in [1.82, 2.24) is 5.32 Å². The summed E-state index contributed by atoms with van der Waals surface area (Å²) >= 11 is 0. The van der Waals surface area contributed by atoms with Gasteiger partial charge in [-0.1, -0.05) is 12.1 Å². The van der Waals surface area contributed by atoms with E-state index in [9.17, 15) is 14.7 Å². The molecule has 0 aliphatic carbocycles. The molecule has 0 bridgehead atoms. The molecule has 2 amide bonds. The Kier molecular flexibility index (Phi) is 4.16. The maximum absolute atomic E-state index is 12.4. The summed E-state index contributed by atoms with van der Waals surface area (Å²) in [6.45, 7) is 2.08. The highest BCUT2D eigenvalue weighted by molar-refractivity contribution is 6.40. The van der Waals surface area contributed by atoms with E-state index < -0.39 is 17.9 Å². The third-order valence-corrected chi connectivity index (χ3v) is 3.95. The van der Waals surface area contributed by atoms with Crippen LogP contribution in [0, 0.1) is 6.92 Å². The Bertz CT molecular complexity index is 724. The molecule has 0 saturated heterocycles. The minimum Gasteiger partial charge on any atom is -0.467 e. The van der Waals surface area contributed by atoms with Gasteiger partial charge in [-0.25, -0.2) is 0 Å². The highest BCUT2D eigenvalue weighted by Crippen LogP contribution is 2.29. The number of benzene rings is 1. The van der Waals surface area contributed by atoms with Crippen molar-refractivity contribution in [3.8, 4) is 0 Å². The van der Waals surface area contributed by atoms with Gasteiger partial charge in [-0.3, -0.25) is 9.59 Å². The number of carbonyl (C=O) groups is 2. The molecule has 0 saturated carbocycles. The topological polar surface area (TPSA) is 82.8 Å². The van der Waals surface area contributed by atoms with E-state index in [-0.39, 0.29) is 6.61 Å². The summed E-state index contributed by atoms with van der Waals surface area (Å²) in [6, 6.07) is 8.44. The van der Waals surface area contributed by atoms with Crippen molar-refractivity contribution in [2.24, 2.45) is 0 Å². The van der Waals surface area contributed by atoms with E-state index in [0.717, 1.165) is 23.2 Å². The number of fused-ring (bicyclic) bond motifs is 1. The van der Waals surface area contributed by atoms with E-state index in [2.05, 4.69) is 5.32 Å². The number of hydrogen-bond acceptors (Lipinski definition) is 4. The average molecular weight is 314 g/mol. The molecule has 1 aromatic carbocycles. The number of amides is 2. The molecule has 1 unspecified atom stereocenters. The lowest BCUT2D eigenvalue weighted by Crippen LogP contribution is -2.44. The van der Waals surface area contributed by atoms with Crippen LogP contribution in [-0.4, -0.2) is 30.1 Å². The molecule has 23 heavy (non-hydrogen) atoms. The quantitative estimate of drug-likeness (QED) is 0.837. The largest absolute Gasteiger partial charge is 0.467 e. The Morgan fingerprint density at radius 1 is 1.39 bits per heavy atom. The molecular weight excluding hydrogens is 296 g/mol. The summed E-state index contributed by atoms with van der Waals surface area (Å²) in [4.78, 5) is 26.2. The first-order valence-corrected chi connectivity index (χ1v) is 7.46. The Labute approximate surface area is 133 Å². The maximum atomic E-state index is 12.4. The van der Waals surface area contributed by atoms with Crippen molar-refractivity contribution in [3.05, 3.63) is 53.5 Å². The minimum absolute atomic E-state index is 0.345. The number of aryl methyl sites for hydroxylation is 1. The van der Waals surface area contributed by atoms with Crippen LogP contribution in [0.2, 0.25) is 0 Å². The lowest BCUT2D eigenvalue weighted by atomic mass is 10.1. The van der Waals surface area contributed by atoms with Gasteiger partial charge in [0.1, 0.15) is 11.8 Å². The highest BCUT2D eigenvalue weighted by atomic mass is 16.3. The monoisotopic (exact) mass is 314 g/mol. The summed E-state index contributed by atoms with van der Waals surface area (Å²) in [5.41, 5.74) is 2.87. The van der Waals surface area contributed by atoms with Gasteiger partial charge in [0.2, 0.25) is 0 Å². The molecule has 6 heteroatoms. The van der Waals surface area contributed by atoms with Crippen LogP contribution in [0.15, 0.2) is 41.0 Å². The third-order valence-electron chi connectivity index (χ3n) is 3.95. The summed E-state index contributed by atoms with van der Waals surface area (Å²) in [5.74, 6) is -0.972. The smallest absolute Gasteiger partial charge is 0.316 e. The van der Waals surface area contributed by atoms with Crippen molar-refractivity contribution in [3.63, 3.8) is 0 Å². The van der Waals surface area contributed by atoms with Crippen LogP contribution >= 0.6 is 0 Å². The molecule has 0 radical (unpaired) electrons. The number of aliphatic hydroxyl groups excluding tert-OH is 1. The minimum atomic E-state index is -0.755. The number of carbonyl (C=O) groups excluding carboxylic acids is 2. The van der Waals surface area contributed by atoms with Crippen LogP contribution < -0.4 is 10.2 Å². The Balaban J connectivity index is 1.74. The number of aliphatic hydroxyl groups is 1. The first-order chi connectivity index (χ1) is 11.1. The molecule has 0 fully saturated rings. The zero-order valence-corrected chi connectivity index (χ0v) is 12.8. The van der Waals surface area contributed by atoms with Crippen LogP contribution in [-0.2, 0) is 16.0 Å². The van der Waals surface area contributed by atoms with E-state index in [0.29, 0.717) is 12.3 Å². The highest BCUT2D eigenvalue weighted by Gasteiger charge is 2.30. The van der Waals surface area contributed by atoms with Crippen molar-refractivity contribution < 1.29 is 19.1 Å². The summed E-state index contributed by atoms with van der Waals surface area (Å²) in [7, 11) is 0. The van der Waals surface area contributed by atoms with Gasteiger partial charge in [0.25, 0.3) is 0 Å². The first-order valence-electron chi connectivity index (χ1n) is 7.46. The van der Waals surface area contributed by atoms with E-state index in [1.807, 2.05) is 25.1 Å². The van der Waals surface area contributed by atoms with Gasteiger partial charge in [-0.2, -0.15) is 0 Å². The van der Waals surface area contributed by atoms with Crippen LogP contribution in [0.3, 0.4) is 0 Å². The van der Waals surface area contributed by atoms with E-state index >= 15 is 0 Å². The molecule has 2 aromatic rings. The first kappa shape index (κ1) is 15.3. The number of anilines is 1. The molecule has 120 valence electrons. The van der Waals surface area contributed by atoms with Crippen LogP contribution in [0.4, 0.5) is 5.69 Å². The number of nitrogens with zero attached hydrogens (tertiary/aromatic N) is 1. The van der Waals surface area contributed by atoms with Crippen molar-refractivity contribution >= 4 is 17.5 Å². The molecule has 1 aromatic heterocycles. The standard InChI is InChI=1S/C17H18N2O4/c1-11-4-5-12-6-7-19(14(12)9-11)17(22)16(21)18-13(10-20)15-3-2-8-23-15/h2-5,8-9,13,20H,6-7,10H2,1H3,(H,18,21). The van der Waals surface area contributed by atoms with Crippen molar-refractivity contribution in [2.75, 3.05) is 18.1 Å². The Hall–Kier alpha value is -2.60. The zero-order valence-electron chi connectivity index (χ0n) is 12.8. The predicted octanol–water partition coefficient (Wildman–Crippen LogP) is 1.33. The number of nitrogens with one attached hydrogen (secondary N) is 1. The van der Waals surface area contributed by atoms with Gasteiger partial charge in [0.15, 0.2) is 0 Å². The number of furan rings is 1. The van der Waals surface area contributed by atoms with E-state index in [1.165, 1.54) is 11.2 Å². The maximum Gasteiger partial charge on any atom is 0.316 e. The average Bonchev–Trinajstić information content (AvgIpc) is 3.20. The molecule has 0 spiro atoms. The van der Waals surface area contributed by atoms with Crippen LogP contribution in [0.5, 0.6) is 0 Å². The lowest BCUT2D eigenvalue weighted by Gasteiger charge is -2.19. The summed E-state index contributed by atoms with van der Waals surface area (Å²) in [5, 5.41) is 11.9. The molecule has 6 nitrogen and oxygen atoms in total. The second kappa shape index (κ2) is 6.26. The molecule has 1 aliphatic rings. The van der Waals surface area contributed by atoms with E-state index in [1.54, 1.807) is 12.1 Å². The zero-order chi connectivity index (χ0) is 16.4. The molecule has 1 aliphatic heterocycles. The Morgan fingerprint density at radius 3 is 2.91 bits per heavy atom. The van der Waals surface area contributed by atoms with Gasteiger partial charge < -0.3 is 19.7 Å². The van der Waals surface area contributed by atoms with Gasteiger partial charge in [0.05, 0.1) is 12.9 Å².